The zero-order valence-electron chi connectivity index (χ0n) is 30.0. The van der Waals surface area contributed by atoms with Crippen LogP contribution in [-0.4, -0.2) is 51.9 Å². The number of benzene rings is 3. The SMILES string of the molecule is CN(CCCCCCCC(=O)CCCN)c1ccc(NNc2ccc(N=c3cc(S(=O)(=O)O)c(=N)c4c(=O)c5ccccc5c(=O)c3=4)c(S(=O)(=O)O)c2)cc1. The van der Waals surface area contributed by atoms with Gasteiger partial charge in [0.15, 0.2) is 10.9 Å². The van der Waals surface area contributed by atoms with E-state index in [1.807, 2.05) is 31.3 Å². The first kappa shape index (κ1) is 40.8. The predicted molar refractivity (Wildman–Crippen MR) is 209 cm³/mol. The Labute approximate surface area is 316 Å². The summed E-state index contributed by atoms with van der Waals surface area (Å²) in [6, 6.07) is 17.5. The summed E-state index contributed by atoms with van der Waals surface area (Å²) in [5, 5.41) is 5.76. The molecule has 0 spiro atoms. The number of hydrazine groups is 1. The van der Waals surface area contributed by atoms with Gasteiger partial charge in [0.2, 0.25) is 0 Å². The van der Waals surface area contributed by atoms with Crippen LogP contribution in [0.4, 0.5) is 22.7 Å². The standard InChI is InChI=1S/C38H42N6O9S2/c1-44(21-8-4-2-3-5-10-27(45)11-9-20-39)26-17-14-24(15-18-26)42-43-25-16-19-30(32(22-25)54(48,49)50)41-31-23-33(55(51,52)53)36(40)35-34(31)37(46)28-12-6-7-13-29(28)38(35)47/h6-7,12-19,22-23,40,42-43H,2-5,8-11,20-21,39H2,1H3,(H,48,49,50)(H,51,52,53). The van der Waals surface area contributed by atoms with Crippen molar-refractivity contribution in [2.45, 2.75) is 61.2 Å². The van der Waals surface area contributed by atoms with Crippen LogP contribution in [0.25, 0.3) is 10.8 Å². The van der Waals surface area contributed by atoms with Crippen molar-refractivity contribution in [3.05, 3.63) is 114 Å². The smallest absolute Gasteiger partial charge is 0.296 e. The molecule has 3 aromatic carbocycles. The minimum atomic E-state index is -5.11. The first-order valence-corrected chi connectivity index (χ1v) is 20.4. The van der Waals surface area contributed by atoms with E-state index in [0.29, 0.717) is 31.1 Å². The second-order valence-corrected chi connectivity index (χ2v) is 15.9. The number of anilines is 3. The number of nitrogens with zero attached hydrogens (tertiary/aromatic N) is 2. The molecule has 0 bridgehead atoms. The van der Waals surface area contributed by atoms with Gasteiger partial charge in [0, 0.05) is 42.9 Å². The molecule has 17 heteroatoms. The van der Waals surface area contributed by atoms with E-state index in [0.717, 1.165) is 56.8 Å². The summed E-state index contributed by atoms with van der Waals surface area (Å²) in [6.07, 6.45) is 6.98. The van der Waals surface area contributed by atoms with Gasteiger partial charge >= 0.3 is 0 Å². The Balaban J connectivity index is 1.34. The number of carbonyl (C=O) groups is 1. The van der Waals surface area contributed by atoms with Gasteiger partial charge in [-0.15, -0.1) is 0 Å². The Morgan fingerprint density at radius 3 is 1.95 bits per heavy atom. The number of carbonyl (C=O) groups excluding carboxylic acids is 1. The van der Waals surface area contributed by atoms with Crippen molar-refractivity contribution in [3.63, 3.8) is 0 Å². The van der Waals surface area contributed by atoms with Gasteiger partial charge in [0.05, 0.1) is 38.2 Å². The molecule has 0 unspecified atom stereocenters. The van der Waals surface area contributed by atoms with Gasteiger partial charge in [-0.05, 0) is 74.3 Å². The minimum absolute atomic E-state index is 0.0393. The quantitative estimate of drug-likeness (QED) is 0.0419. The lowest BCUT2D eigenvalue weighted by molar-refractivity contribution is -0.119. The number of hydrogen-bond acceptors (Lipinski definition) is 13. The highest BCUT2D eigenvalue weighted by Crippen LogP contribution is 2.28. The molecule has 0 saturated heterocycles. The lowest BCUT2D eigenvalue weighted by atomic mass is 10.0. The molecule has 0 aromatic heterocycles. The average Bonchev–Trinajstić information content (AvgIpc) is 3.15. The van der Waals surface area contributed by atoms with Crippen molar-refractivity contribution in [2.75, 3.05) is 35.9 Å². The van der Waals surface area contributed by atoms with E-state index in [4.69, 9.17) is 11.1 Å². The van der Waals surface area contributed by atoms with Crippen molar-refractivity contribution < 1.29 is 30.7 Å². The molecule has 0 radical (unpaired) electrons. The van der Waals surface area contributed by atoms with Crippen LogP contribution in [0.15, 0.2) is 97.2 Å². The fourth-order valence-corrected chi connectivity index (χ4v) is 7.54. The lowest BCUT2D eigenvalue weighted by Gasteiger charge is -2.20. The third-order valence-corrected chi connectivity index (χ3v) is 10.9. The molecule has 3 aromatic rings. The highest BCUT2D eigenvalue weighted by atomic mass is 32.2. The van der Waals surface area contributed by atoms with E-state index in [-0.39, 0.29) is 22.2 Å². The summed E-state index contributed by atoms with van der Waals surface area (Å²) < 4.78 is 69.6. The summed E-state index contributed by atoms with van der Waals surface area (Å²) in [4.78, 5) is 43.4. The minimum Gasteiger partial charge on any atom is -0.375 e. The molecule has 0 saturated carbocycles. The Bertz CT molecular complexity index is 2730. The van der Waals surface area contributed by atoms with Gasteiger partial charge in [-0.1, -0.05) is 43.5 Å². The second kappa shape index (κ2) is 17.4. The number of nitrogens with two attached hydrogens (primary N) is 1. The van der Waals surface area contributed by atoms with Gasteiger partial charge in [-0.3, -0.25) is 28.9 Å². The normalized spacial score (nSPS) is 12.3. The molecule has 0 heterocycles. The first-order chi connectivity index (χ1) is 26.1. The average molecular weight is 791 g/mol. The maximum absolute atomic E-state index is 13.6. The van der Waals surface area contributed by atoms with Crippen LogP contribution >= 0.6 is 0 Å². The van der Waals surface area contributed by atoms with Crippen LogP contribution in [0.5, 0.6) is 0 Å². The Morgan fingerprint density at radius 2 is 1.31 bits per heavy atom. The van der Waals surface area contributed by atoms with Crippen LogP contribution in [0.2, 0.25) is 0 Å². The van der Waals surface area contributed by atoms with Crippen LogP contribution in [0, 0.1) is 15.8 Å². The Morgan fingerprint density at radius 1 is 0.745 bits per heavy atom. The highest BCUT2D eigenvalue weighted by molar-refractivity contribution is 7.86. The number of unbranched alkanes of at least 4 members (excludes halogenated alkanes) is 4. The molecular weight excluding hydrogens is 749 g/mol. The van der Waals surface area contributed by atoms with Crippen molar-refractivity contribution in [1.29, 1.82) is 5.41 Å². The molecule has 15 nitrogen and oxygen atoms in total. The fraction of sp³-hybridized carbons (Fsp3) is 0.289. The van der Waals surface area contributed by atoms with E-state index < -0.39 is 67.7 Å². The number of fused-ring (bicyclic) bond motifs is 1. The zero-order chi connectivity index (χ0) is 39.9. The van der Waals surface area contributed by atoms with Crippen molar-refractivity contribution in [3.8, 4) is 0 Å². The first-order valence-electron chi connectivity index (χ1n) is 17.6. The Hall–Kier alpha value is -5.33. The molecule has 2 aliphatic rings. The number of hydrogen-bond donors (Lipinski definition) is 6. The largest absolute Gasteiger partial charge is 0.375 e. The van der Waals surface area contributed by atoms with E-state index >= 15 is 0 Å². The third kappa shape index (κ3) is 9.86. The topological polar surface area (TPSA) is 249 Å². The van der Waals surface area contributed by atoms with E-state index in [9.17, 15) is 40.3 Å². The van der Waals surface area contributed by atoms with Crippen molar-refractivity contribution >= 4 is 59.5 Å². The lowest BCUT2D eigenvalue weighted by Crippen LogP contribution is -2.32. The number of Topliss-reactive ketones (excluding diaryl/α,β-unsaturated/α-hetero) is 1. The molecule has 7 N–H and O–H groups in total. The Kier molecular flexibility index (Phi) is 12.9. The van der Waals surface area contributed by atoms with Crippen molar-refractivity contribution in [1.82, 2.24) is 0 Å². The van der Waals surface area contributed by atoms with Gasteiger partial charge in [0.1, 0.15) is 15.6 Å². The number of nitrogens with one attached hydrogen (secondary N) is 3. The van der Waals surface area contributed by atoms with Gasteiger partial charge in [0.25, 0.3) is 20.2 Å². The molecule has 0 aliphatic heterocycles. The zero-order valence-corrected chi connectivity index (χ0v) is 31.7. The molecule has 2 aliphatic carbocycles. The van der Waals surface area contributed by atoms with Gasteiger partial charge in [-0.25, -0.2) is 4.99 Å². The van der Waals surface area contributed by atoms with Gasteiger partial charge < -0.3 is 21.5 Å². The van der Waals surface area contributed by atoms with Crippen LogP contribution in [0.3, 0.4) is 0 Å². The van der Waals surface area contributed by atoms with Crippen LogP contribution < -0.4 is 43.1 Å². The number of rotatable bonds is 18. The monoisotopic (exact) mass is 790 g/mol. The summed E-state index contributed by atoms with van der Waals surface area (Å²) in [6.45, 7) is 1.39. The molecule has 0 amide bonds. The van der Waals surface area contributed by atoms with Crippen LogP contribution in [0.1, 0.15) is 51.4 Å². The van der Waals surface area contributed by atoms with E-state index in [1.54, 1.807) is 0 Å². The molecule has 55 heavy (non-hydrogen) atoms. The molecule has 5 rings (SSSR count). The van der Waals surface area contributed by atoms with E-state index in [2.05, 4.69) is 20.7 Å². The molecule has 290 valence electrons. The van der Waals surface area contributed by atoms with Crippen LogP contribution in [-0.2, 0) is 25.0 Å². The highest BCUT2D eigenvalue weighted by Gasteiger charge is 2.21. The summed E-state index contributed by atoms with van der Waals surface area (Å²) in [5.41, 5.74) is 11.0. The molecule has 0 fully saturated rings. The van der Waals surface area contributed by atoms with E-state index in [1.165, 1.54) is 36.4 Å². The summed E-state index contributed by atoms with van der Waals surface area (Å²) in [7, 11) is -8.09. The molecular formula is C38H42N6O9S2. The van der Waals surface area contributed by atoms with Crippen molar-refractivity contribution in [2.24, 2.45) is 10.7 Å². The number of ketones is 1. The second-order valence-electron chi connectivity index (χ2n) is 13.1. The maximum atomic E-state index is 13.6. The fourth-order valence-electron chi connectivity index (χ4n) is 6.26. The maximum Gasteiger partial charge on any atom is 0.296 e. The third-order valence-electron chi connectivity index (χ3n) is 9.17. The molecule has 0 atom stereocenters. The van der Waals surface area contributed by atoms with Gasteiger partial charge in [-0.2, -0.15) is 16.8 Å². The summed E-state index contributed by atoms with van der Waals surface area (Å²) >= 11 is 0. The summed E-state index contributed by atoms with van der Waals surface area (Å²) in [5.74, 6) is 0.282. The predicted octanol–water partition coefficient (Wildman–Crippen LogP) is 3.89.